The van der Waals surface area contributed by atoms with Crippen LogP contribution in [0.1, 0.15) is 24.8 Å². The Labute approximate surface area is 214 Å². The zero-order valence-corrected chi connectivity index (χ0v) is 21.2. The third-order valence-corrected chi connectivity index (χ3v) is 7.88. The number of amides is 1. The second kappa shape index (κ2) is 13.5. The smallest absolute Gasteiger partial charge is 0.352 e. The molecule has 2 aromatic rings. The van der Waals surface area contributed by atoms with Crippen LogP contribution >= 0.6 is 35.1 Å². The van der Waals surface area contributed by atoms with Crippen molar-refractivity contribution in [3.05, 3.63) is 82.4 Å². The highest BCUT2D eigenvalue weighted by atomic mass is 35.5. The standard InChI is InChI=1S/C26H29ClN2O3S2/c27-22-10-8-20(9-11-22)21-6-3-5-19(16-21)4-1-2-7-23-12-13-25(30)29(23)14-15-33-18-34-17-24(28)26(31)32/h2-3,5-11,16-17,23H,1,4,12-15,18,28H2,(H,31,32)/b7-2+,24-17-. The number of hydrogen-bond acceptors (Lipinski definition) is 5. The lowest BCUT2D eigenvalue weighted by molar-refractivity contribution is -0.132. The van der Waals surface area contributed by atoms with Crippen molar-refractivity contribution in [2.45, 2.75) is 31.7 Å². The number of rotatable bonds is 12. The van der Waals surface area contributed by atoms with Crippen LogP contribution < -0.4 is 5.73 Å². The van der Waals surface area contributed by atoms with Crippen LogP contribution in [0.15, 0.2) is 71.8 Å². The average Bonchev–Trinajstić information content (AvgIpc) is 3.18. The Morgan fingerprint density at radius 1 is 1.21 bits per heavy atom. The lowest BCUT2D eigenvalue weighted by Crippen LogP contribution is -2.33. The number of benzene rings is 2. The van der Waals surface area contributed by atoms with Gasteiger partial charge in [-0.25, -0.2) is 4.79 Å². The van der Waals surface area contributed by atoms with Gasteiger partial charge in [-0.05, 0) is 48.1 Å². The molecule has 3 N–H and O–H groups in total. The first-order valence-corrected chi connectivity index (χ1v) is 13.7. The monoisotopic (exact) mass is 516 g/mol. The third kappa shape index (κ3) is 8.15. The number of aryl methyl sites for hydroxylation is 1. The minimum atomic E-state index is -1.11. The number of halogens is 1. The molecule has 1 aliphatic rings. The van der Waals surface area contributed by atoms with Crippen LogP contribution in [0.4, 0.5) is 0 Å². The summed E-state index contributed by atoms with van der Waals surface area (Å²) in [5, 5.41) is 11.6. The first kappa shape index (κ1) is 26.3. The fourth-order valence-electron chi connectivity index (χ4n) is 3.74. The molecular weight excluding hydrogens is 488 g/mol. The minimum Gasteiger partial charge on any atom is -0.477 e. The van der Waals surface area contributed by atoms with Crippen molar-refractivity contribution >= 4 is 47.0 Å². The molecule has 1 saturated heterocycles. The molecule has 8 heteroatoms. The number of nitrogens with zero attached hydrogens (tertiary/aromatic N) is 1. The number of thioether (sulfide) groups is 2. The van der Waals surface area contributed by atoms with Crippen molar-refractivity contribution in [3.63, 3.8) is 0 Å². The molecule has 3 rings (SSSR count). The molecule has 1 unspecified atom stereocenters. The summed E-state index contributed by atoms with van der Waals surface area (Å²) in [6.07, 6.45) is 7.68. The quantitative estimate of drug-likeness (QED) is 0.161. The van der Waals surface area contributed by atoms with Gasteiger partial charge in [-0.3, -0.25) is 4.79 Å². The first-order valence-electron chi connectivity index (χ1n) is 11.1. The van der Waals surface area contributed by atoms with Gasteiger partial charge in [-0.15, -0.1) is 23.5 Å². The average molecular weight is 517 g/mol. The molecular formula is C26H29ClN2O3S2. The molecule has 1 heterocycles. The molecule has 2 aromatic carbocycles. The third-order valence-electron chi connectivity index (χ3n) is 5.52. The van der Waals surface area contributed by atoms with E-state index in [4.69, 9.17) is 22.4 Å². The molecule has 0 saturated carbocycles. The van der Waals surface area contributed by atoms with E-state index in [-0.39, 0.29) is 17.6 Å². The Morgan fingerprint density at radius 3 is 2.76 bits per heavy atom. The zero-order chi connectivity index (χ0) is 24.3. The summed E-state index contributed by atoms with van der Waals surface area (Å²) in [6, 6.07) is 16.6. The number of aliphatic carboxylic acids is 1. The van der Waals surface area contributed by atoms with Gasteiger partial charge in [0.25, 0.3) is 0 Å². The fraction of sp³-hybridized carbons (Fsp3) is 0.308. The van der Waals surface area contributed by atoms with Crippen LogP contribution in [0.3, 0.4) is 0 Å². The molecule has 0 aromatic heterocycles. The number of carbonyl (C=O) groups excluding carboxylic acids is 1. The minimum absolute atomic E-state index is 0.151. The molecule has 180 valence electrons. The molecule has 5 nitrogen and oxygen atoms in total. The lowest BCUT2D eigenvalue weighted by atomic mass is 10.0. The van der Waals surface area contributed by atoms with E-state index in [2.05, 4.69) is 36.4 Å². The largest absolute Gasteiger partial charge is 0.477 e. The van der Waals surface area contributed by atoms with Gasteiger partial charge in [0, 0.05) is 34.2 Å². The van der Waals surface area contributed by atoms with Gasteiger partial charge < -0.3 is 15.7 Å². The van der Waals surface area contributed by atoms with Crippen LogP contribution in [-0.2, 0) is 16.0 Å². The van der Waals surface area contributed by atoms with E-state index in [0.29, 0.717) is 18.1 Å². The van der Waals surface area contributed by atoms with E-state index < -0.39 is 5.97 Å². The highest BCUT2D eigenvalue weighted by molar-refractivity contribution is 8.17. The van der Waals surface area contributed by atoms with Gasteiger partial charge in [-0.2, -0.15) is 0 Å². The van der Waals surface area contributed by atoms with E-state index in [0.717, 1.165) is 35.6 Å². The molecule has 1 amide bonds. The molecule has 1 aliphatic heterocycles. The van der Waals surface area contributed by atoms with Gasteiger partial charge in [0.1, 0.15) is 5.70 Å². The Bertz CT molecular complexity index is 1040. The summed E-state index contributed by atoms with van der Waals surface area (Å²) >= 11 is 9.03. The molecule has 0 radical (unpaired) electrons. The highest BCUT2D eigenvalue weighted by Gasteiger charge is 2.28. The number of carboxylic acid groups (broad SMARTS) is 1. The van der Waals surface area contributed by atoms with E-state index in [9.17, 15) is 9.59 Å². The summed E-state index contributed by atoms with van der Waals surface area (Å²) in [5.41, 5.74) is 8.83. The van der Waals surface area contributed by atoms with Gasteiger partial charge in [0.15, 0.2) is 0 Å². The number of carboxylic acids is 1. The van der Waals surface area contributed by atoms with Gasteiger partial charge in [0.2, 0.25) is 5.91 Å². The maximum atomic E-state index is 12.3. The number of hydrogen-bond donors (Lipinski definition) is 2. The SMILES string of the molecule is N/C(=C\SCSCCN1C(=O)CCC1/C=C/CCc1cccc(-c2ccc(Cl)cc2)c1)C(=O)O. The van der Waals surface area contributed by atoms with E-state index in [1.165, 1.54) is 28.3 Å². The molecule has 1 fully saturated rings. The van der Waals surface area contributed by atoms with Crippen LogP contribution in [0.5, 0.6) is 0 Å². The summed E-state index contributed by atoms with van der Waals surface area (Å²) in [4.78, 5) is 24.9. The molecule has 1 atom stereocenters. The number of carbonyl (C=O) groups is 2. The molecule has 0 aliphatic carbocycles. The van der Waals surface area contributed by atoms with E-state index in [1.807, 2.05) is 29.2 Å². The van der Waals surface area contributed by atoms with Gasteiger partial charge >= 0.3 is 5.97 Å². The summed E-state index contributed by atoms with van der Waals surface area (Å²) < 4.78 is 0. The molecule has 0 spiro atoms. The maximum absolute atomic E-state index is 12.3. The predicted molar refractivity (Wildman–Crippen MR) is 144 cm³/mol. The Kier molecular flexibility index (Phi) is 10.4. The van der Waals surface area contributed by atoms with Crippen LogP contribution in [0, 0.1) is 0 Å². The summed E-state index contributed by atoms with van der Waals surface area (Å²) in [6.45, 7) is 0.695. The topological polar surface area (TPSA) is 83.6 Å². The Hall–Kier alpha value is -2.35. The number of allylic oxidation sites excluding steroid dienone is 1. The number of nitrogens with two attached hydrogens (primary N) is 1. The number of likely N-dealkylation sites (tertiary alicyclic amines) is 1. The van der Waals surface area contributed by atoms with Crippen molar-refractivity contribution in [1.82, 2.24) is 4.90 Å². The normalized spacial score (nSPS) is 16.5. The Morgan fingerprint density at radius 2 is 2.00 bits per heavy atom. The molecule has 34 heavy (non-hydrogen) atoms. The van der Waals surface area contributed by atoms with Crippen LogP contribution in [-0.4, -0.2) is 45.3 Å². The van der Waals surface area contributed by atoms with Crippen molar-refractivity contribution in [3.8, 4) is 11.1 Å². The predicted octanol–water partition coefficient (Wildman–Crippen LogP) is 5.80. The Balaban J connectivity index is 1.43. The van der Waals surface area contributed by atoms with Crippen molar-refractivity contribution in [1.29, 1.82) is 0 Å². The maximum Gasteiger partial charge on any atom is 0.352 e. The van der Waals surface area contributed by atoms with Crippen LogP contribution in [0.25, 0.3) is 11.1 Å². The van der Waals surface area contributed by atoms with E-state index in [1.54, 1.807) is 11.8 Å². The molecule has 0 bridgehead atoms. The first-order chi connectivity index (χ1) is 16.4. The van der Waals surface area contributed by atoms with Crippen molar-refractivity contribution in [2.75, 3.05) is 17.4 Å². The van der Waals surface area contributed by atoms with Gasteiger partial charge in [0.05, 0.1) is 6.04 Å². The fourth-order valence-corrected chi connectivity index (χ4v) is 5.60. The van der Waals surface area contributed by atoms with Crippen molar-refractivity contribution < 1.29 is 14.7 Å². The second-order valence-corrected chi connectivity index (χ2v) is 10.7. The zero-order valence-electron chi connectivity index (χ0n) is 18.9. The second-order valence-electron chi connectivity index (χ2n) is 7.94. The van der Waals surface area contributed by atoms with Gasteiger partial charge in [-0.1, -0.05) is 60.2 Å². The van der Waals surface area contributed by atoms with Crippen molar-refractivity contribution in [2.24, 2.45) is 5.73 Å². The van der Waals surface area contributed by atoms with E-state index >= 15 is 0 Å². The lowest BCUT2D eigenvalue weighted by Gasteiger charge is -2.22. The van der Waals surface area contributed by atoms with Crippen LogP contribution in [0.2, 0.25) is 5.02 Å². The highest BCUT2D eigenvalue weighted by Crippen LogP contribution is 2.24. The summed E-state index contributed by atoms with van der Waals surface area (Å²) in [7, 11) is 0. The summed E-state index contributed by atoms with van der Waals surface area (Å²) in [5.74, 6) is -0.0980.